The topological polar surface area (TPSA) is 32.3 Å². The van der Waals surface area contributed by atoms with Crippen LogP contribution in [0.4, 0.5) is 18.9 Å². The van der Waals surface area contributed by atoms with Crippen LogP contribution in [0.5, 0.6) is 0 Å². The number of hydrogen-bond donors (Lipinski definition) is 2. The second-order valence-corrected chi connectivity index (χ2v) is 5.35. The van der Waals surface area contributed by atoms with Crippen LogP contribution in [0.15, 0.2) is 24.3 Å². The van der Waals surface area contributed by atoms with Crippen LogP contribution in [0.25, 0.3) is 0 Å². The van der Waals surface area contributed by atoms with E-state index in [1.807, 2.05) is 0 Å². The second kappa shape index (κ2) is 4.46. The number of anilines is 1. The molecule has 0 fully saturated rings. The van der Waals surface area contributed by atoms with Crippen molar-refractivity contribution >= 4 is 5.69 Å². The zero-order valence-corrected chi connectivity index (χ0v) is 10.9. The molecule has 102 valence electrons. The van der Waals surface area contributed by atoms with Gasteiger partial charge in [0.25, 0.3) is 0 Å². The maximum absolute atomic E-state index is 12.8. The molecule has 1 aromatic rings. The summed E-state index contributed by atoms with van der Waals surface area (Å²) in [4.78, 5) is 0. The first-order valence-corrected chi connectivity index (χ1v) is 5.62. The van der Waals surface area contributed by atoms with Crippen molar-refractivity contribution < 1.29 is 18.3 Å². The number of rotatable bonds is 3. The Morgan fingerprint density at radius 1 is 1.00 bits per heavy atom. The maximum atomic E-state index is 12.8. The van der Waals surface area contributed by atoms with Gasteiger partial charge in [0.1, 0.15) is 0 Å². The SMILES string of the molecule is CC(C)(O)C(C)(C)Nc1ccccc1C(F)(F)F. The Hall–Kier alpha value is -1.23. The summed E-state index contributed by atoms with van der Waals surface area (Å²) in [5, 5.41) is 12.7. The molecule has 1 aromatic carbocycles. The molecule has 18 heavy (non-hydrogen) atoms. The van der Waals surface area contributed by atoms with E-state index in [9.17, 15) is 18.3 Å². The highest BCUT2D eigenvalue weighted by molar-refractivity contribution is 5.54. The Kier molecular flexibility index (Phi) is 3.68. The third-order valence-electron chi connectivity index (χ3n) is 3.21. The van der Waals surface area contributed by atoms with E-state index in [1.165, 1.54) is 18.2 Å². The van der Waals surface area contributed by atoms with Crippen molar-refractivity contribution in [2.45, 2.75) is 45.0 Å². The van der Waals surface area contributed by atoms with Gasteiger partial charge in [-0.05, 0) is 39.8 Å². The van der Waals surface area contributed by atoms with E-state index in [-0.39, 0.29) is 5.69 Å². The number of para-hydroxylation sites is 1. The van der Waals surface area contributed by atoms with Gasteiger partial charge in [-0.15, -0.1) is 0 Å². The van der Waals surface area contributed by atoms with E-state index in [0.29, 0.717) is 0 Å². The van der Waals surface area contributed by atoms with Crippen LogP contribution in [0.3, 0.4) is 0 Å². The predicted octanol–water partition coefficient (Wildman–Crippen LogP) is 3.67. The number of hydrogen-bond acceptors (Lipinski definition) is 2. The maximum Gasteiger partial charge on any atom is 0.418 e. The fourth-order valence-electron chi connectivity index (χ4n) is 1.33. The molecule has 2 nitrogen and oxygen atoms in total. The molecule has 0 spiro atoms. The monoisotopic (exact) mass is 261 g/mol. The van der Waals surface area contributed by atoms with Gasteiger partial charge < -0.3 is 10.4 Å². The van der Waals surface area contributed by atoms with Gasteiger partial charge in [0.05, 0.1) is 16.7 Å². The van der Waals surface area contributed by atoms with Gasteiger partial charge in [-0.25, -0.2) is 0 Å². The second-order valence-electron chi connectivity index (χ2n) is 5.35. The smallest absolute Gasteiger partial charge is 0.388 e. The molecule has 0 saturated carbocycles. The van der Waals surface area contributed by atoms with E-state index in [4.69, 9.17) is 0 Å². The molecule has 0 aliphatic rings. The molecular formula is C13H18F3NO. The number of nitrogens with one attached hydrogen (secondary N) is 1. The van der Waals surface area contributed by atoms with Gasteiger partial charge in [0.15, 0.2) is 0 Å². The largest absolute Gasteiger partial charge is 0.418 e. The number of aliphatic hydroxyl groups is 1. The van der Waals surface area contributed by atoms with E-state index < -0.39 is 22.9 Å². The zero-order chi connectivity index (χ0) is 14.2. The molecule has 5 heteroatoms. The summed E-state index contributed by atoms with van der Waals surface area (Å²) >= 11 is 0. The minimum Gasteiger partial charge on any atom is -0.388 e. The highest BCUT2D eigenvalue weighted by Crippen LogP contribution is 2.37. The first kappa shape index (κ1) is 14.8. The number of halogens is 3. The standard InChI is InChI=1S/C13H18F3NO/c1-11(2,12(3,4)18)17-10-8-6-5-7-9(10)13(14,15)16/h5-8,17-18H,1-4H3. The van der Waals surface area contributed by atoms with Gasteiger partial charge in [-0.3, -0.25) is 0 Å². The van der Waals surface area contributed by atoms with Crippen molar-refractivity contribution in [1.82, 2.24) is 0 Å². The van der Waals surface area contributed by atoms with Crippen molar-refractivity contribution in [2.24, 2.45) is 0 Å². The third kappa shape index (κ3) is 3.16. The Morgan fingerprint density at radius 3 is 1.94 bits per heavy atom. The lowest BCUT2D eigenvalue weighted by Gasteiger charge is -2.39. The molecule has 0 bridgehead atoms. The highest BCUT2D eigenvalue weighted by atomic mass is 19.4. The summed E-state index contributed by atoms with van der Waals surface area (Å²) in [5.41, 5.74) is -2.82. The molecule has 0 radical (unpaired) electrons. The molecule has 0 amide bonds. The fourth-order valence-corrected chi connectivity index (χ4v) is 1.33. The summed E-state index contributed by atoms with van der Waals surface area (Å²) in [6, 6.07) is 5.24. The first-order valence-electron chi connectivity index (χ1n) is 5.62. The third-order valence-corrected chi connectivity index (χ3v) is 3.21. The Morgan fingerprint density at radius 2 is 1.50 bits per heavy atom. The van der Waals surface area contributed by atoms with Crippen LogP contribution in [-0.4, -0.2) is 16.2 Å². The van der Waals surface area contributed by atoms with Crippen LogP contribution in [-0.2, 0) is 6.18 Å². The minimum absolute atomic E-state index is 0.0304. The zero-order valence-electron chi connectivity index (χ0n) is 10.9. The van der Waals surface area contributed by atoms with Crippen LogP contribution < -0.4 is 5.32 Å². The van der Waals surface area contributed by atoms with Crippen molar-refractivity contribution in [1.29, 1.82) is 0 Å². The molecular weight excluding hydrogens is 243 g/mol. The summed E-state index contributed by atoms with van der Waals surface area (Å²) in [7, 11) is 0. The molecule has 0 unspecified atom stereocenters. The predicted molar refractivity (Wildman–Crippen MR) is 65.4 cm³/mol. The van der Waals surface area contributed by atoms with Crippen molar-refractivity contribution in [3.63, 3.8) is 0 Å². The van der Waals surface area contributed by atoms with E-state index in [2.05, 4.69) is 5.32 Å². The van der Waals surface area contributed by atoms with Crippen LogP contribution >= 0.6 is 0 Å². The van der Waals surface area contributed by atoms with Crippen molar-refractivity contribution in [2.75, 3.05) is 5.32 Å². The van der Waals surface area contributed by atoms with Crippen molar-refractivity contribution in [3.8, 4) is 0 Å². The lowest BCUT2D eigenvalue weighted by Crippen LogP contribution is -2.51. The van der Waals surface area contributed by atoms with Gasteiger partial charge >= 0.3 is 6.18 Å². The van der Waals surface area contributed by atoms with Crippen molar-refractivity contribution in [3.05, 3.63) is 29.8 Å². The van der Waals surface area contributed by atoms with Gasteiger partial charge in [-0.2, -0.15) is 13.2 Å². The Labute approximate surface area is 105 Å². The lowest BCUT2D eigenvalue weighted by molar-refractivity contribution is -0.137. The Balaban J connectivity index is 3.14. The average molecular weight is 261 g/mol. The van der Waals surface area contributed by atoms with Gasteiger partial charge in [0.2, 0.25) is 0 Å². The highest BCUT2D eigenvalue weighted by Gasteiger charge is 2.38. The lowest BCUT2D eigenvalue weighted by atomic mass is 9.85. The minimum atomic E-state index is -4.42. The van der Waals surface area contributed by atoms with E-state index in [1.54, 1.807) is 27.7 Å². The molecule has 1 rings (SSSR count). The first-order chi connectivity index (χ1) is 7.95. The molecule has 0 atom stereocenters. The molecule has 0 heterocycles. The van der Waals surface area contributed by atoms with E-state index >= 15 is 0 Å². The fraction of sp³-hybridized carbons (Fsp3) is 0.538. The summed E-state index contributed by atoms with van der Waals surface area (Å²) in [5.74, 6) is 0. The molecule has 0 saturated heterocycles. The number of alkyl halides is 3. The van der Waals surface area contributed by atoms with Crippen LogP contribution in [0.1, 0.15) is 33.3 Å². The number of benzene rings is 1. The van der Waals surface area contributed by atoms with Gasteiger partial charge in [-0.1, -0.05) is 12.1 Å². The van der Waals surface area contributed by atoms with Gasteiger partial charge in [0, 0.05) is 5.69 Å². The molecule has 2 N–H and O–H groups in total. The van der Waals surface area contributed by atoms with E-state index in [0.717, 1.165) is 6.07 Å². The summed E-state index contributed by atoms with van der Waals surface area (Å²) in [6.45, 7) is 6.41. The van der Waals surface area contributed by atoms with Crippen LogP contribution in [0.2, 0.25) is 0 Å². The molecule has 0 aliphatic carbocycles. The quantitative estimate of drug-likeness (QED) is 0.870. The molecule has 0 aliphatic heterocycles. The summed E-state index contributed by atoms with van der Waals surface area (Å²) in [6.07, 6.45) is -4.42. The normalized spacial score (nSPS) is 13.6. The summed E-state index contributed by atoms with van der Waals surface area (Å²) < 4.78 is 38.5. The Bertz CT molecular complexity index is 419. The molecule has 0 aromatic heterocycles. The van der Waals surface area contributed by atoms with Crippen LogP contribution in [0, 0.1) is 0 Å². The average Bonchev–Trinajstić information content (AvgIpc) is 2.14.